The minimum Gasteiger partial charge on any atom is -0.387 e. The summed E-state index contributed by atoms with van der Waals surface area (Å²) in [5.74, 6) is 0. The number of benzene rings is 1. The second-order valence-electron chi connectivity index (χ2n) is 5.79. The summed E-state index contributed by atoms with van der Waals surface area (Å²) in [4.78, 5) is 2.29. The third-order valence-corrected chi connectivity index (χ3v) is 4.16. The van der Waals surface area contributed by atoms with E-state index in [9.17, 15) is 13.5 Å². The first-order chi connectivity index (χ1) is 10.9. The van der Waals surface area contributed by atoms with Crippen LogP contribution in [0, 0.1) is 0 Å². The Labute approximate surface area is 147 Å². The molecule has 0 saturated heterocycles. The van der Waals surface area contributed by atoms with Gasteiger partial charge in [-0.2, -0.15) is 8.42 Å². The average Bonchev–Trinajstić information content (AvgIpc) is 2.49. The quantitative estimate of drug-likeness (QED) is 0.566. The van der Waals surface area contributed by atoms with Crippen molar-refractivity contribution < 1.29 is 13.5 Å². The highest BCUT2D eigenvalue weighted by Gasteiger charge is 2.13. The lowest BCUT2D eigenvalue weighted by Crippen LogP contribution is -2.30. The second kappa shape index (κ2) is 11.4. The van der Waals surface area contributed by atoms with Crippen LogP contribution in [0.2, 0.25) is 0 Å². The minimum atomic E-state index is -3.77. The van der Waals surface area contributed by atoms with Crippen LogP contribution in [0.15, 0.2) is 24.3 Å². The number of nitrogens with two attached hydrogens (primary N) is 1. The Morgan fingerprint density at radius 3 is 2.04 bits per heavy atom. The van der Waals surface area contributed by atoms with Gasteiger partial charge in [-0.05, 0) is 43.6 Å². The van der Waals surface area contributed by atoms with E-state index < -0.39 is 16.3 Å². The van der Waals surface area contributed by atoms with Gasteiger partial charge in [0.05, 0.1) is 6.10 Å². The molecule has 7 heteroatoms. The molecule has 1 aromatic carbocycles. The van der Waals surface area contributed by atoms with E-state index in [-0.39, 0.29) is 7.43 Å². The topological polar surface area (TPSA) is 95.7 Å². The van der Waals surface area contributed by atoms with E-state index >= 15 is 0 Å². The summed E-state index contributed by atoms with van der Waals surface area (Å²) in [6.45, 7) is 6.87. The van der Waals surface area contributed by atoms with Crippen molar-refractivity contribution >= 4 is 15.9 Å². The maximum Gasteiger partial charge on any atom is 0.296 e. The molecule has 0 amide bonds. The van der Waals surface area contributed by atoms with Crippen molar-refractivity contribution in [1.29, 1.82) is 0 Å². The van der Waals surface area contributed by atoms with E-state index in [1.807, 2.05) is 0 Å². The zero-order chi connectivity index (χ0) is 17.3. The van der Waals surface area contributed by atoms with Crippen LogP contribution in [0.4, 0.5) is 5.69 Å². The smallest absolute Gasteiger partial charge is 0.296 e. The summed E-state index contributed by atoms with van der Waals surface area (Å²) in [5.41, 5.74) is 1.15. The van der Waals surface area contributed by atoms with Gasteiger partial charge in [-0.15, -0.1) is 0 Å². The number of anilines is 1. The Morgan fingerprint density at radius 2 is 1.62 bits per heavy atom. The number of aliphatic hydroxyl groups excluding tert-OH is 1. The fourth-order valence-corrected chi connectivity index (χ4v) is 2.81. The maximum absolute atomic E-state index is 11.0. The lowest BCUT2D eigenvalue weighted by Gasteiger charge is -2.25. The Kier molecular flexibility index (Phi) is 10.9. The zero-order valence-corrected chi connectivity index (χ0v) is 14.8. The van der Waals surface area contributed by atoms with E-state index in [0.717, 1.165) is 44.3 Å². The lowest BCUT2D eigenvalue weighted by molar-refractivity contribution is 0.111. The highest BCUT2D eigenvalue weighted by atomic mass is 32.2. The molecule has 0 radical (unpaired) electrons. The normalized spacial score (nSPS) is 12.7. The van der Waals surface area contributed by atoms with Crippen LogP contribution >= 0.6 is 0 Å². The molecular formula is C17H33N3O3S. The van der Waals surface area contributed by atoms with Crippen molar-refractivity contribution in [3.63, 3.8) is 0 Å². The van der Waals surface area contributed by atoms with Gasteiger partial charge in [-0.25, -0.2) is 5.14 Å². The molecule has 0 spiro atoms. The van der Waals surface area contributed by atoms with Crippen molar-refractivity contribution in [1.82, 2.24) is 4.90 Å². The van der Waals surface area contributed by atoms with Crippen LogP contribution in [0.1, 0.15) is 58.6 Å². The third kappa shape index (κ3) is 9.22. The van der Waals surface area contributed by atoms with Gasteiger partial charge >= 0.3 is 0 Å². The Morgan fingerprint density at radius 1 is 1.12 bits per heavy atom. The molecule has 140 valence electrons. The molecule has 1 rings (SSSR count). The monoisotopic (exact) mass is 359 g/mol. The first-order valence-electron chi connectivity index (χ1n) is 8.16. The number of aliphatic hydroxyl groups is 1. The first kappa shape index (κ1) is 22.9. The van der Waals surface area contributed by atoms with E-state index in [0.29, 0.717) is 12.2 Å². The van der Waals surface area contributed by atoms with Crippen LogP contribution in [-0.4, -0.2) is 38.1 Å². The molecule has 0 fully saturated rings. The maximum atomic E-state index is 11.0. The van der Waals surface area contributed by atoms with E-state index in [4.69, 9.17) is 5.14 Å². The molecule has 1 atom stereocenters. The zero-order valence-electron chi connectivity index (χ0n) is 14.0. The van der Waals surface area contributed by atoms with Crippen LogP contribution < -0.4 is 9.86 Å². The number of hydrogen-bond donors (Lipinski definition) is 3. The molecule has 0 aliphatic heterocycles. The molecule has 1 aromatic rings. The molecule has 0 heterocycles. The largest absolute Gasteiger partial charge is 0.387 e. The molecule has 0 bridgehead atoms. The van der Waals surface area contributed by atoms with Crippen LogP contribution in [-0.2, 0) is 10.2 Å². The van der Waals surface area contributed by atoms with Crippen LogP contribution in [0.25, 0.3) is 0 Å². The van der Waals surface area contributed by atoms with Gasteiger partial charge in [-0.3, -0.25) is 4.72 Å². The molecule has 1 unspecified atom stereocenters. The third-order valence-electron chi connectivity index (χ3n) is 3.64. The summed E-state index contributed by atoms with van der Waals surface area (Å²) >= 11 is 0. The van der Waals surface area contributed by atoms with Crippen molar-refractivity contribution in [2.45, 2.75) is 53.1 Å². The summed E-state index contributed by atoms with van der Waals surface area (Å²) < 4.78 is 24.2. The average molecular weight is 360 g/mol. The predicted octanol–water partition coefficient (Wildman–Crippen LogP) is 2.87. The minimum absolute atomic E-state index is 0. The molecule has 0 aliphatic rings. The standard InChI is InChI=1S/C16H29N3O3S.CH4/c1-3-5-11-19(12-6-4-2)13-16(20)14-7-9-15(10-8-14)18-23(17,21)22;/h7-10,16,18,20H,3-6,11-13H2,1-2H3,(H2,17,21,22);1H4. The fourth-order valence-electron chi connectivity index (χ4n) is 2.35. The van der Waals surface area contributed by atoms with Crippen LogP contribution in [0.3, 0.4) is 0 Å². The Bertz CT molecular complexity index is 539. The number of rotatable bonds is 11. The highest BCUT2D eigenvalue weighted by Crippen LogP contribution is 2.18. The van der Waals surface area contributed by atoms with Gasteiger partial charge in [0.15, 0.2) is 0 Å². The van der Waals surface area contributed by atoms with Gasteiger partial charge in [0, 0.05) is 12.2 Å². The highest BCUT2D eigenvalue weighted by molar-refractivity contribution is 7.90. The molecule has 4 N–H and O–H groups in total. The summed E-state index contributed by atoms with van der Waals surface area (Å²) in [6.07, 6.45) is 3.91. The number of unbranched alkanes of at least 4 members (excludes halogenated alkanes) is 2. The molecular weight excluding hydrogens is 326 g/mol. The van der Waals surface area contributed by atoms with Gasteiger partial charge < -0.3 is 10.0 Å². The van der Waals surface area contributed by atoms with Crippen LogP contribution in [0.5, 0.6) is 0 Å². The van der Waals surface area contributed by atoms with E-state index in [1.165, 1.54) is 0 Å². The molecule has 24 heavy (non-hydrogen) atoms. The van der Waals surface area contributed by atoms with Gasteiger partial charge in [0.2, 0.25) is 0 Å². The predicted molar refractivity (Wildman–Crippen MR) is 101 cm³/mol. The molecule has 0 aromatic heterocycles. The summed E-state index contributed by atoms with van der Waals surface area (Å²) in [5, 5.41) is 15.3. The summed E-state index contributed by atoms with van der Waals surface area (Å²) in [6, 6.07) is 6.64. The lowest BCUT2D eigenvalue weighted by atomic mass is 10.1. The first-order valence-corrected chi connectivity index (χ1v) is 9.71. The molecule has 6 nitrogen and oxygen atoms in total. The Balaban J connectivity index is 0.00000529. The Hall–Kier alpha value is -1.15. The van der Waals surface area contributed by atoms with Crippen molar-refractivity contribution in [2.75, 3.05) is 24.4 Å². The van der Waals surface area contributed by atoms with E-state index in [1.54, 1.807) is 24.3 Å². The summed E-state index contributed by atoms with van der Waals surface area (Å²) in [7, 11) is -3.77. The molecule has 0 aliphatic carbocycles. The SMILES string of the molecule is C.CCCCN(CCCC)CC(O)c1ccc(NS(N)(=O)=O)cc1. The van der Waals surface area contributed by atoms with Crippen molar-refractivity contribution in [2.24, 2.45) is 5.14 Å². The second-order valence-corrected chi connectivity index (χ2v) is 7.09. The number of nitrogens with zero attached hydrogens (tertiary/aromatic N) is 1. The van der Waals surface area contributed by atoms with Gasteiger partial charge in [0.1, 0.15) is 0 Å². The van der Waals surface area contributed by atoms with Crippen molar-refractivity contribution in [3.05, 3.63) is 29.8 Å². The van der Waals surface area contributed by atoms with Gasteiger partial charge in [0.25, 0.3) is 10.2 Å². The van der Waals surface area contributed by atoms with Crippen molar-refractivity contribution in [3.8, 4) is 0 Å². The fraction of sp³-hybridized carbons (Fsp3) is 0.647. The molecule has 0 saturated carbocycles. The number of nitrogens with one attached hydrogen (secondary N) is 1. The van der Waals surface area contributed by atoms with Gasteiger partial charge in [-0.1, -0.05) is 46.2 Å². The van der Waals surface area contributed by atoms with E-state index in [2.05, 4.69) is 23.5 Å². The number of hydrogen-bond acceptors (Lipinski definition) is 4.